The summed E-state index contributed by atoms with van der Waals surface area (Å²) in [7, 11) is 0. The number of fused-ring (bicyclic) bond motifs is 1. The second kappa shape index (κ2) is 3.58. The fourth-order valence-corrected chi connectivity index (χ4v) is 1.80. The summed E-state index contributed by atoms with van der Waals surface area (Å²) in [5.41, 5.74) is 2.78. The zero-order valence-corrected chi connectivity index (χ0v) is 8.40. The fourth-order valence-electron chi connectivity index (χ4n) is 1.80. The Bertz CT molecular complexity index is 483. The van der Waals surface area contributed by atoms with Crippen molar-refractivity contribution in [3.63, 3.8) is 0 Å². The molecule has 1 amide bonds. The van der Waals surface area contributed by atoms with Gasteiger partial charge in [-0.1, -0.05) is 18.2 Å². The molecule has 0 radical (unpaired) electrons. The summed E-state index contributed by atoms with van der Waals surface area (Å²) >= 11 is 0. The number of carbonyl (C=O) groups is 1. The number of para-hydroxylation sites is 1. The molecule has 0 N–H and O–H groups in total. The van der Waals surface area contributed by atoms with E-state index >= 15 is 0 Å². The average Bonchev–Trinajstić information content (AvgIpc) is 2.59. The van der Waals surface area contributed by atoms with Gasteiger partial charge in [0.2, 0.25) is 5.91 Å². The second-order valence-corrected chi connectivity index (χ2v) is 3.42. The predicted molar refractivity (Wildman–Crippen MR) is 58.1 cm³/mol. The van der Waals surface area contributed by atoms with E-state index in [9.17, 15) is 4.79 Å². The maximum absolute atomic E-state index is 11.4. The van der Waals surface area contributed by atoms with E-state index < -0.39 is 0 Å². The van der Waals surface area contributed by atoms with Crippen molar-refractivity contribution >= 4 is 17.2 Å². The van der Waals surface area contributed by atoms with E-state index in [1.807, 2.05) is 30.3 Å². The molecule has 1 aromatic carbocycles. The van der Waals surface area contributed by atoms with Crippen molar-refractivity contribution in [2.75, 3.05) is 11.4 Å². The van der Waals surface area contributed by atoms with Gasteiger partial charge in [0, 0.05) is 18.6 Å². The Morgan fingerprint density at radius 3 is 2.93 bits per heavy atom. The molecule has 0 aliphatic carbocycles. The van der Waals surface area contributed by atoms with Gasteiger partial charge >= 0.3 is 0 Å². The van der Waals surface area contributed by atoms with Crippen molar-refractivity contribution in [3.05, 3.63) is 35.9 Å². The lowest BCUT2D eigenvalue weighted by molar-refractivity contribution is -0.116. The van der Waals surface area contributed by atoms with Crippen LogP contribution in [0.2, 0.25) is 0 Å². The summed E-state index contributed by atoms with van der Waals surface area (Å²) in [6.07, 6.45) is 1.50. The molecule has 0 bridgehead atoms. The number of anilines is 1. The van der Waals surface area contributed by atoms with E-state index in [1.54, 1.807) is 4.90 Å². The molecule has 0 saturated carbocycles. The lowest BCUT2D eigenvalue weighted by atomic mass is 10.1. The van der Waals surface area contributed by atoms with E-state index in [-0.39, 0.29) is 5.91 Å². The second-order valence-electron chi connectivity index (χ2n) is 3.42. The highest BCUT2D eigenvalue weighted by molar-refractivity contribution is 6.02. The number of nitrogens with zero attached hydrogens (tertiary/aromatic N) is 2. The average molecular weight is 198 g/mol. The van der Waals surface area contributed by atoms with Gasteiger partial charge in [-0.05, 0) is 11.6 Å². The molecule has 0 saturated heterocycles. The van der Waals surface area contributed by atoms with Crippen molar-refractivity contribution in [1.82, 2.24) is 0 Å². The molecule has 1 aliphatic rings. The van der Waals surface area contributed by atoms with E-state index in [0.717, 1.165) is 16.8 Å². The third-order valence-electron chi connectivity index (χ3n) is 2.49. The van der Waals surface area contributed by atoms with Crippen molar-refractivity contribution in [2.45, 2.75) is 6.92 Å². The normalized spacial score (nSPS) is 16.3. The molecule has 1 aromatic rings. The molecule has 0 unspecified atom stereocenters. The Morgan fingerprint density at radius 1 is 1.53 bits per heavy atom. The minimum atomic E-state index is 0.00351. The third-order valence-corrected chi connectivity index (χ3v) is 2.49. The minimum Gasteiger partial charge on any atom is -0.308 e. The van der Waals surface area contributed by atoms with Crippen LogP contribution in [-0.4, -0.2) is 12.5 Å². The Labute approximate surface area is 88.2 Å². The number of amides is 1. The van der Waals surface area contributed by atoms with Crippen molar-refractivity contribution < 1.29 is 4.79 Å². The van der Waals surface area contributed by atoms with Gasteiger partial charge in [-0.25, -0.2) is 0 Å². The number of hydrogen-bond acceptors (Lipinski definition) is 2. The molecule has 3 nitrogen and oxygen atoms in total. The summed E-state index contributed by atoms with van der Waals surface area (Å²) in [6.45, 7) is 2.04. The Hall–Kier alpha value is -2.08. The number of rotatable bonds is 0. The van der Waals surface area contributed by atoms with E-state index in [0.29, 0.717) is 6.54 Å². The van der Waals surface area contributed by atoms with Crippen LogP contribution in [0.5, 0.6) is 0 Å². The first-order valence-corrected chi connectivity index (χ1v) is 4.70. The summed E-state index contributed by atoms with van der Waals surface area (Å²) in [4.78, 5) is 13.1. The highest BCUT2D eigenvalue weighted by atomic mass is 16.2. The van der Waals surface area contributed by atoms with Crippen LogP contribution >= 0.6 is 0 Å². The number of hydrogen-bond donors (Lipinski definition) is 0. The quantitative estimate of drug-likeness (QED) is 0.598. The number of nitriles is 1. The van der Waals surface area contributed by atoms with Gasteiger partial charge in [0.25, 0.3) is 0 Å². The minimum absolute atomic E-state index is 0.00351. The van der Waals surface area contributed by atoms with Crippen molar-refractivity contribution in [2.24, 2.45) is 0 Å². The van der Waals surface area contributed by atoms with Gasteiger partial charge in [0.1, 0.15) is 0 Å². The van der Waals surface area contributed by atoms with Crippen LogP contribution in [-0.2, 0) is 4.79 Å². The lowest BCUT2D eigenvalue weighted by Crippen LogP contribution is -2.25. The van der Waals surface area contributed by atoms with Gasteiger partial charge in [-0.3, -0.25) is 4.79 Å². The van der Waals surface area contributed by atoms with Crippen LogP contribution in [0.25, 0.3) is 5.57 Å². The molecule has 0 fully saturated rings. The molecule has 0 spiro atoms. The van der Waals surface area contributed by atoms with Crippen LogP contribution in [0.4, 0.5) is 5.69 Å². The first kappa shape index (κ1) is 9.47. The number of benzene rings is 1. The zero-order valence-electron chi connectivity index (χ0n) is 8.40. The highest BCUT2D eigenvalue weighted by Crippen LogP contribution is 2.34. The maximum Gasteiger partial charge on any atom is 0.224 e. The molecule has 0 aromatic heterocycles. The van der Waals surface area contributed by atoms with Crippen LogP contribution in [0, 0.1) is 11.3 Å². The summed E-state index contributed by atoms with van der Waals surface area (Å²) in [5, 5.41) is 8.65. The van der Waals surface area contributed by atoms with Crippen molar-refractivity contribution in [3.8, 4) is 6.07 Å². The molecule has 2 rings (SSSR count). The van der Waals surface area contributed by atoms with Gasteiger partial charge in [0.05, 0.1) is 18.3 Å². The zero-order chi connectivity index (χ0) is 10.8. The summed E-state index contributed by atoms with van der Waals surface area (Å²) < 4.78 is 0. The van der Waals surface area contributed by atoms with Gasteiger partial charge in [-0.2, -0.15) is 5.26 Å². The monoisotopic (exact) mass is 198 g/mol. The highest BCUT2D eigenvalue weighted by Gasteiger charge is 2.25. The van der Waals surface area contributed by atoms with Crippen LogP contribution in [0.3, 0.4) is 0 Å². The van der Waals surface area contributed by atoms with E-state index in [4.69, 9.17) is 5.26 Å². The standard InChI is InChI=1S/C12H10N2O/c1-9(15)14-8-10(6-7-13)11-4-2-3-5-12(11)14/h2-6H,8H2,1H3/b10-6+. The van der Waals surface area contributed by atoms with Gasteiger partial charge < -0.3 is 4.90 Å². The van der Waals surface area contributed by atoms with E-state index in [2.05, 4.69) is 0 Å². The largest absolute Gasteiger partial charge is 0.308 e. The third kappa shape index (κ3) is 1.50. The number of allylic oxidation sites excluding steroid dienone is 1. The molecule has 1 aliphatic heterocycles. The first-order chi connectivity index (χ1) is 7.24. The SMILES string of the molecule is CC(=O)N1C/C(=C\C#N)c2ccccc21. The van der Waals surface area contributed by atoms with Crippen LogP contribution in [0.15, 0.2) is 30.3 Å². The summed E-state index contributed by atoms with van der Waals surface area (Å²) in [6, 6.07) is 9.64. The molecule has 1 heterocycles. The van der Waals surface area contributed by atoms with Gasteiger partial charge in [-0.15, -0.1) is 0 Å². The molecule has 0 atom stereocenters. The van der Waals surface area contributed by atoms with Crippen molar-refractivity contribution in [1.29, 1.82) is 5.26 Å². The fraction of sp³-hybridized carbons (Fsp3) is 0.167. The Morgan fingerprint density at radius 2 is 2.27 bits per heavy atom. The number of carbonyl (C=O) groups excluding carboxylic acids is 1. The Balaban J connectivity index is 2.54. The predicted octanol–water partition coefficient (Wildman–Crippen LogP) is 1.96. The molecule has 74 valence electrons. The lowest BCUT2D eigenvalue weighted by Gasteiger charge is -2.13. The maximum atomic E-state index is 11.4. The summed E-state index contributed by atoms with van der Waals surface area (Å²) in [5.74, 6) is 0.00351. The smallest absolute Gasteiger partial charge is 0.224 e. The Kier molecular flexibility index (Phi) is 2.26. The molecule has 3 heteroatoms. The molecule has 15 heavy (non-hydrogen) atoms. The molecular weight excluding hydrogens is 188 g/mol. The van der Waals surface area contributed by atoms with Gasteiger partial charge in [0.15, 0.2) is 0 Å². The van der Waals surface area contributed by atoms with Crippen LogP contribution in [0.1, 0.15) is 12.5 Å². The van der Waals surface area contributed by atoms with Crippen LogP contribution < -0.4 is 4.90 Å². The van der Waals surface area contributed by atoms with E-state index in [1.165, 1.54) is 13.0 Å². The first-order valence-electron chi connectivity index (χ1n) is 4.70. The molecular formula is C12H10N2O. The topological polar surface area (TPSA) is 44.1 Å².